The van der Waals surface area contributed by atoms with Crippen LogP contribution in [0.3, 0.4) is 0 Å². The molecule has 0 amide bonds. The molecule has 2 N–H and O–H groups in total. The normalized spacial score (nSPS) is 14.5. The predicted molar refractivity (Wildman–Crippen MR) is 94.6 cm³/mol. The van der Waals surface area contributed by atoms with Gasteiger partial charge in [0, 0.05) is 26.7 Å². The predicted octanol–water partition coefficient (Wildman–Crippen LogP) is 3.02. The second-order valence-corrected chi connectivity index (χ2v) is 4.87. The van der Waals surface area contributed by atoms with Crippen LogP contribution in [-0.2, 0) is 4.74 Å². The second kappa shape index (κ2) is 14.4. The molecule has 0 aromatic rings. The van der Waals surface area contributed by atoms with Crippen LogP contribution in [0.25, 0.3) is 0 Å². The molecule has 0 aliphatic heterocycles. The van der Waals surface area contributed by atoms with Gasteiger partial charge in [-0.05, 0) is 19.3 Å². The van der Waals surface area contributed by atoms with Gasteiger partial charge < -0.3 is 15.4 Å². The van der Waals surface area contributed by atoms with E-state index in [0.29, 0.717) is 6.61 Å². The highest BCUT2D eigenvalue weighted by Crippen LogP contribution is 2.10. The third-order valence-corrected chi connectivity index (χ3v) is 3.12. The summed E-state index contributed by atoms with van der Waals surface area (Å²) < 4.78 is 5.10. The van der Waals surface area contributed by atoms with Gasteiger partial charge >= 0.3 is 0 Å². The number of nitrogens with one attached hydrogen (secondary N) is 2. The lowest BCUT2D eigenvalue weighted by Crippen LogP contribution is -2.45. The summed E-state index contributed by atoms with van der Waals surface area (Å²) in [6.07, 6.45) is 5.10. The average molecular weight is 385 g/mol. The quantitative estimate of drug-likeness (QED) is 0.364. The fourth-order valence-electron chi connectivity index (χ4n) is 1.90. The van der Waals surface area contributed by atoms with E-state index in [4.69, 9.17) is 4.74 Å². The Morgan fingerprint density at radius 2 is 2.00 bits per heavy atom. The molecule has 0 rings (SSSR count). The molecule has 2 unspecified atom stereocenters. The number of aliphatic imine (C=N–C) groups is 1. The minimum absolute atomic E-state index is 0. The van der Waals surface area contributed by atoms with Gasteiger partial charge in [0.15, 0.2) is 5.96 Å². The van der Waals surface area contributed by atoms with E-state index in [9.17, 15) is 0 Å². The summed E-state index contributed by atoms with van der Waals surface area (Å²) in [6.45, 7) is 8.27. The van der Waals surface area contributed by atoms with E-state index in [-0.39, 0.29) is 30.0 Å². The third kappa shape index (κ3) is 11.5. The molecule has 0 aliphatic rings. The van der Waals surface area contributed by atoms with Crippen molar-refractivity contribution in [3.63, 3.8) is 0 Å². The number of halogens is 1. The van der Waals surface area contributed by atoms with Gasteiger partial charge in [-0.3, -0.25) is 4.99 Å². The minimum Gasteiger partial charge on any atom is -0.383 e. The molecule has 0 aromatic carbocycles. The van der Waals surface area contributed by atoms with Gasteiger partial charge in [-0.1, -0.05) is 33.1 Å². The van der Waals surface area contributed by atoms with Crippen molar-refractivity contribution in [1.82, 2.24) is 10.6 Å². The number of hydrogen-bond donors (Lipinski definition) is 2. The first-order valence-corrected chi connectivity index (χ1v) is 7.13. The highest BCUT2D eigenvalue weighted by atomic mass is 127. The summed E-state index contributed by atoms with van der Waals surface area (Å²) in [5.41, 5.74) is 0. The highest BCUT2D eigenvalue weighted by molar-refractivity contribution is 14.0. The topological polar surface area (TPSA) is 45.7 Å². The minimum atomic E-state index is 0. The van der Waals surface area contributed by atoms with Crippen LogP contribution < -0.4 is 10.6 Å². The van der Waals surface area contributed by atoms with Crippen molar-refractivity contribution in [2.45, 2.75) is 52.5 Å². The molecule has 19 heavy (non-hydrogen) atoms. The Morgan fingerprint density at radius 1 is 1.32 bits per heavy atom. The van der Waals surface area contributed by atoms with E-state index in [1.54, 1.807) is 7.11 Å². The molecule has 2 atom stereocenters. The Balaban J connectivity index is 0. The first-order valence-electron chi connectivity index (χ1n) is 7.13. The van der Waals surface area contributed by atoms with Gasteiger partial charge in [0.05, 0.1) is 6.61 Å². The standard InChI is InChI=1S/C14H31N3O.HI/c1-6-8-9-13(7-2)10-16-14(15-4)17-12(3)11-18-5;/h12-13H,6-11H2,1-5H3,(H2,15,16,17);1H. The van der Waals surface area contributed by atoms with Gasteiger partial charge in [0.1, 0.15) is 0 Å². The van der Waals surface area contributed by atoms with Crippen LogP contribution in [0.2, 0.25) is 0 Å². The Labute approximate surface area is 136 Å². The molecular formula is C14H32IN3O. The number of hydrogen-bond acceptors (Lipinski definition) is 2. The smallest absolute Gasteiger partial charge is 0.191 e. The molecule has 0 bridgehead atoms. The van der Waals surface area contributed by atoms with Crippen LogP contribution >= 0.6 is 24.0 Å². The number of ether oxygens (including phenoxy) is 1. The molecule has 0 aliphatic carbocycles. The summed E-state index contributed by atoms with van der Waals surface area (Å²) in [4.78, 5) is 4.24. The summed E-state index contributed by atoms with van der Waals surface area (Å²) in [6, 6.07) is 0.275. The lowest BCUT2D eigenvalue weighted by molar-refractivity contribution is 0.179. The van der Waals surface area contributed by atoms with Gasteiger partial charge in [-0.25, -0.2) is 0 Å². The van der Waals surface area contributed by atoms with Gasteiger partial charge in [0.2, 0.25) is 0 Å². The fraction of sp³-hybridized carbons (Fsp3) is 0.929. The second-order valence-electron chi connectivity index (χ2n) is 4.87. The van der Waals surface area contributed by atoms with Crippen LogP contribution in [-0.4, -0.2) is 39.3 Å². The van der Waals surface area contributed by atoms with Crippen molar-refractivity contribution in [2.24, 2.45) is 10.9 Å². The van der Waals surface area contributed by atoms with Crippen LogP contribution in [0.15, 0.2) is 4.99 Å². The molecule has 4 nitrogen and oxygen atoms in total. The largest absolute Gasteiger partial charge is 0.383 e. The van der Waals surface area contributed by atoms with Crippen LogP contribution in [0.4, 0.5) is 0 Å². The van der Waals surface area contributed by atoms with Gasteiger partial charge in [-0.2, -0.15) is 0 Å². The lowest BCUT2D eigenvalue weighted by atomic mass is 9.99. The SMILES string of the molecule is CCCCC(CC)CNC(=NC)NC(C)COC.I. The Bertz CT molecular complexity index is 225. The number of guanidine groups is 1. The Hall–Kier alpha value is -0.0400. The van der Waals surface area contributed by atoms with Crippen molar-refractivity contribution in [3.8, 4) is 0 Å². The van der Waals surface area contributed by atoms with E-state index in [2.05, 4.69) is 36.4 Å². The Kier molecular flexibility index (Phi) is 16.1. The zero-order valence-electron chi connectivity index (χ0n) is 13.2. The third-order valence-electron chi connectivity index (χ3n) is 3.12. The molecule has 0 saturated carbocycles. The van der Waals surface area contributed by atoms with Crippen molar-refractivity contribution >= 4 is 29.9 Å². The number of unbranched alkanes of at least 4 members (excludes halogenated alkanes) is 1. The van der Waals surface area contributed by atoms with Crippen LogP contribution in [0.1, 0.15) is 46.5 Å². The Morgan fingerprint density at radius 3 is 2.47 bits per heavy atom. The molecule has 0 saturated heterocycles. The summed E-state index contributed by atoms with van der Waals surface area (Å²) >= 11 is 0. The van der Waals surface area contributed by atoms with Crippen molar-refractivity contribution < 1.29 is 4.74 Å². The molecule has 0 radical (unpaired) electrons. The van der Waals surface area contributed by atoms with Gasteiger partial charge in [-0.15, -0.1) is 24.0 Å². The van der Waals surface area contributed by atoms with E-state index >= 15 is 0 Å². The molecule has 0 heterocycles. The average Bonchev–Trinajstić information content (AvgIpc) is 2.37. The van der Waals surface area contributed by atoms with E-state index < -0.39 is 0 Å². The van der Waals surface area contributed by atoms with Crippen LogP contribution in [0.5, 0.6) is 0 Å². The summed E-state index contributed by atoms with van der Waals surface area (Å²) in [5.74, 6) is 1.61. The van der Waals surface area contributed by atoms with Crippen LogP contribution in [0, 0.1) is 5.92 Å². The zero-order chi connectivity index (χ0) is 13.8. The number of methoxy groups -OCH3 is 1. The number of nitrogens with zero attached hydrogens (tertiary/aromatic N) is 1. The maximum atomic E-state index is 5.10. The molecule has 5 heteroatoms. The zero-order valence-corrected chi connectivity index (χ0v) is 15.5. The van der Waals surface area contributed by atoms with Crippen molar-refractivity contribution in [2.75, 3.05) is 27.3 Å². The highest BCUT2D eigenvalue weighted by Gasteiger charge is 2.08. The van der Waals surface area contributed by atoms with Gasteiger partial charge in [0.25, 0.3) is 0 Å². The fourth-order valence-corrected chi connectivity index (χ4v) is 1.90. The first kappa shape index (κ1) is 21.3. The van der Waals surface area contributed by atoms with Crippen molar-refractivity contribution in [3.05, 3.63) is 0 Å². The molecular weight excluding hydrogens is 353 g/mol. The summed E-state index contributed by atoms with van der Waals surface area (Å²) in [5, 5.41) is 6.72. The monoisotopic (exact) mass is 385 g/mol. The molecule has 0 fully saturated rings. The van der Waals surface area contributed by atoms with E-state index in [1.165, 1.54) is 25.7 Å². The summed E-state index contributed by atoms with van der Waals surface area (Å²) in [7, 11) is 3.52. The first-order chi connectivity index (χ1) is 8.67. The maximum absolute atomic E-state index is 5.10. The lowest BCUT2D eigenvalue weighted by Gasteiger charge is -2.20. The van der Waals surface area contributed by atoms with Crippen molar-refractivity contribution in [1.29, 1.82) is 0 Å². The van der Waals surface area contributed by atoms with E-state index in [1.807, 2.05) is 7.05 Å². The van der Waals surface area contributed by atoms with E-state index in [0.717, 1.165) is 18.4 Å². The maximum Gasteiger partial charge on any atom is 0.191 e. The molecule has 0 aromatic heterocycles. The molecule has 116 valence electrons. The number of rotatable bonds is 9. The molecule has 0 spiro atoms.